The molecule has 2 rings (SSSR count). The number of nitrogens with zero attached hydrogens (tertiary/aromatic N) is 1. The summed E-state index contributed by atoms with van der Waals surface area (Å²) in [5.41, 5.74) is 2.36. The summed E-state index contributed by atoms with van der Waals surface area (Å²) in [4.78, 5) is 4.25. The number of methoxy groups -OCH3 is 1. The lowest BCUT2D eigenvalue weighted by Gasteiger charge is -2.10. The van der Waals surface area contributed by atoms with Gasteiger partial charge < -0.3 is 15.4 Å². The van der Waals surface area contributed by atoms with Crippen LogP contribution in [0.5, 0.6) is 5.75 Å². The molecule has 0 fully saturated rings. The highest BCUT2D eigenvalue weighted by molar-refractivity contribution is 7.80. The highest BCUT2D eigenvalue weighted by Crippen LogP contribution is 2.11. The van der Waals surface area contributed by atoms with Gasteiger partial charge in [0.1, 0.15) is 11.6 Å². The monoisotopic (exact) mass is 301 g/mol. The molecule has 0 radical (unpaired) electrons. The number of anilines is 1. The van der Waals surface area contributed by atoms with Crippen LogP contribution in [0.15, 0.2) is 42.6 Å². The Morgan fingerprint density at radius 3 is 2.57 bits per heavy atom. The van der Waals surface area contributed by atoms with Crippen LogP contribution < -0.4 is 15.4 Å². The minimum atomic E-state index is 0.583. The molecule has 2 aromatic rings. The summed E-state index contributed by atoms with van der Waals surface area (Å²) in [5.74, 6) is 1.62. The molecule has 0 aliphatic rings. The second kappa shape index (κ2) is 7.59. The van der Waals surface area contributed by atoms with Crippen molar-refractivity contribution in [2.75, 3.05) is 19.0 Å². The van der Waals surface area contributed by atoms with Gasteiger partial charge in [-0.25, -0.2) is 4.98 Å². The number of nitrogens with one attached hydrogen (secondary N) is 2. The maximum atomic E-state index is 5.24. The quantitative estimate of drug-likeness (QED) is 0.832. The average Bonchev–Trinajstić information content (AvgIpc) is 2.50. The molecule has 4 nitrogen and oxygen atoms in total. The smallest absolute Gasteiger partial charge is 0.171 e. The molecule has 110 valence electrons. The zero-order valence-corrected chi connectivity index (χ0v) is 13.0. The van der Waals surface area contributed by atoms with Crippen LogP contribution >= 0.6 is 12.2 Å². The normalized spacial score (nSPS) is 10.0. The number of hydrogen-bond acceptors (Lipinski definition) is 3. The molecule has 0 unspecified atom stereocenters. The van der Waals surface area contributed by atoms with E-state index >= 15 is 0 Å². The van der Waals surface area contributed by atoms with Gasteiger partial charge in [-0.05, 0) is 54.9 Å². The van der Waals surface area contributed by atoms with E-state index in [4.69, 9.17) is 17.0 Å². The maximum Gasteiger partial charge on any atom is 0.171 e. The molecule has 5 heteroatoms. The number of pyridine rings is 1. The van der Waals surface area contributed by atoms with E-state index < -0.39 is 0 Å². The molecule has 2 N–H and O–H groups in total. The first-order valence-electron chi connectivity index (χ1n) is 6.78. The van der Waals surface area contributed by atoms with Gasteiger partial charge in [-0.1, -0.05) is 18.2 Å². The number of ether oxygens (including phenoxy) is 1. The van der Waals surface area contributed by atoms with E-state index in [1.807, 2.05) is 37.4 Å². The summed E-state index contributed by atoms with van der Waals surface area (Å²) >= 11 is 5.24. The lowest BCUT2D eigenvalue weighted by Crippen LogP contribution is -2.30. The van der Waals surface area contributed by atoms with Crippen molar-refractivity contribution in [2.45, 2.75) is 13.3 Å². The van der Waals surface area contributed by atoms with Crippen LogP contribution in [0.3, 0.4) is 0 Å². The minimum absolute atomic E-state index is 0.583. The fraction of sp³-hybridized carbons (Fsp3) is 0.250. The highest BCUT2D eigenvalue weighted by Gasteiger charge is 1.99. The molecule has 0 spiro atoms. The standard InChI is InChI=1S/C16H19N3OS/c1-12-3-8-15(18-11-12)19-16(21)17-10-9-13-4-6-14(20-2)7-5-13/h3-8,11H,9-10H2,1-2H3,(H2,17,18,19,21). The summed E-state index contributed by atoms with van der Waals surface area (Å²) in [6, 6.07) is 11.9. The second-order valence-electron chi connectivity index (χ2n) is 4.70. The van der Waals surface area contributed by atoms with E-state index in [0.717, 1.165) is 30.1 Å². The van der Waals surface area contributed by atoms with Gasteiger partial charge in [-0.2, -0.15) is 0 Å². The van der Waals surface area contributed by atoms with E-state index in [1.54, 1.807) is 7.11 Å². The van der Waals surface area contributed by atoms with Crippen LogP contribution in [0.4, 0.5) is 5.82 Å². The van der Waals surface area contributed by atoms with Crippen LogP contribution in [0.1, 0.15) is 11.1 Å². The predicted molar refractivity (Wildman–Crippen MR) is 89.9 cm³/mol. The third-order valence-corrected chi connectivity index (χ3v) is 3.26. The van der Waals surface area contributed by atoms with Crippen molar-refractivity contribution in [1.29, 1.82) is 0 Å². The Morgan fingerprint density at radius 1 is 1.19 bits per heavy atom. The third-order valence-electron chi connectivity index (χ3n) is 3.01. The largest absolute Gasteiger partial charge is 0.497 e. The van der Waals surface area contributed by atoms with Crippen LogP contribution in [-0.4, -0.2) is 23.8 Å². The Balaban J connectivity index is 1.74. The summed E-state index contributed by atoms with van der Waals surface area (Å²) in [7, 11) is 1.67. The maximum absolute atomic E-state index is 5.24. The first-order valence-corrected chi connectivity index (χ1v) is 7.18. The van der Waals surface area contributed by atoms with E-state index in [0.29, 0.717) is 5.11 Å². The van der Waals surface area contributed by atoms with Gasteiger partial charge in [-0.15, -0.1) is 0 Å². The number of aromatic nitrogens is 1. The molecule has 0 saturated carbocycles. The minimum Gasteiger partial charge on any atom is -0.497 e. The Kier molecular flexibility index (Phi) is 5.51. The number of hydrogen-bond donors (Lipinski definition) is 2. The molecular formula is C16H19N3OS. The van der Waals surface area contributed by atoms with Gasteiger partial charge in [0.15, 0.2) is 5.11 Å². The van der Waals surface area contributed by atoms with Crippen molar-refractivity contribution >= 4 is 23.1 Å². The van der Waals surface area contributed by atoms with E-state index in [2.05, 4.69) is 27.8 Å². The second-order valence-corrected chi connectivity index (χ2v) is 5.11. The zero-order valence-electron chi connectivity index (χ0n) is 12.2. The third kappa shape index (κ3) is 5.04. The summed E-state index contributed by atoms with van der Waals surface area (Å²) in [5, 5.41) is 6.82. The molecule has 0 aliphatic carbocycles. The number of rotatable bonds is 5. The van der Waals surface area contributed by atoms with Crippen molar-refractivity contribution in [3.8, 4) is 5.75 Å². The molecule has 0 aliphatic heterocycles. The molecule has 0 atom stereocenters. The average molecular weight is 301 g/mol. The predicted octanol–water partition coefficient (Wildman–Crippen LogP) is 2.93. The first-order chi connectivity index (χ1) is 10.2. The van der Waals surface area contributed by atoms with Crippen molar-refractivity contribution in [2.24, 2.45) is 0 Å². The fourth-order valence-corrected chi connectivity index (χ4v) is 2.02. The number of benzene rings is 1. The van der Waals surface area contributed by atoms with Gasteiger partial charge in [-0.3, -0.25) is 0 Å². The lowest BCUT2D eigenvalue weighted by atomic mass is 10.1. The molecule has 0 amide bonds. The van der Waals surface area contributed by atoms with Gasteiger partial charge in [0, 0.05) is 12.7 Å². The van der Waals surface area contributed by atoms with Crippen LogP contribution in [0.2, 0.25) is 0 Å². The molecular weight excluding hydrogens is 282 g/mol. The topological polar surface area (TPSA) is 46.2 Å². The van der Waals surface area contributed by atoms with Gasteiger partial charge in [0.25, 0.3) is 0 Å². The molecule has 0 saturated heterocycles. The van der Waals surface area contributed by atoms with Crippen LogP contribution in [0, 0.1) is 6.92 Å². The number of aryl methyl sites for hydroxylation is 1. The Labute approximate surface area is 130 Å². The Bertz CT molecular complexity index is 581. The fourth-order valence-electron chi connectivity index (χ4n) is 1.81. The first kappa shape index (κ1) is 15.3. The van der Waals surface area contributed by atoms with Crippen molar-refractivity contribution in [3.05, 3.63) is 53.7 Å². The van der Waals surface area contributed by atoms with Crippen LogP contribution in [0.25, 0.3) is 0 Å². The Hall–Kier alpha value is -2.14. The summed E-state index contributed by atoms with van der Waals surface area (Å²) < 4.78 is 5.13. The Morgan fingerprint density at radius 2 is 1.95 bits per heavy atom. The molecule has 1 heterocycles. The highest BCUT2D eigenvalue weighted by atomic mass is 32.1. The lowest BCUT2D eigenvalue weighted by molar-refractivity contribution is 0.414. The van der Waals surface area contributed by atoms with E-state index in [-0.39, 0.29) is 0 Å². The zero-order chi connectivity index (χ0) is 15.1. The summed E-state index contributed by atoms with van der Waals surface area (Å²) in [6.45, 7) is 2.77. The van der Waals surface area contributed by atoms with Crippen molar-refractivity contribution < 1.29 is 4.74 Å². The van der Waals surface area contributed by atoms with Gasteiger partial charge in [0.2, 0.25) is 0 Å². The van der Waals surface area contributed by atoms with Crippen molar-refractivity contribution in [3.63, 3.8) is 0 Å². The van der Waals surface area contributed by atoms with Gasteiger partial charge in [0.05, 0.1) is 7.11 Å². The van der Waals surface area contributed by atoms with Gasteiger partial charge >= 0.3 is 0 Å². The van der Waals surface area contributed by atoms with Crippen LogP contribution in [-0.2, 0) is 6.42 Å². The van der Waals surface area contributed by atoms with Crippen molar-refractivity contribution in [1.82, 2.24) is 10.3 Å². The van der Waals surface area contributed by atoms with E-state index in [9.17, 15) is 0 Å². The molecule has 21 heavy (non-hydrogen) atoms. The number of thiocarbonyl (C=S) groups is 1. The molecule has 1 aromatic heterocycles. The SMILES string of the molecule is COc1ccc(CCNC(=S)Nc2ccc(C)cn2)cc1. The van der Waals surface area contributed by atoms with E-state index in [1.165, 1.54) is 5.56 Å². The summed E-state index contributed by atoms with van der Waals surface area (Å²) in [6.07, 6.45) is 2.70. The molecule has 0 bridgehead atoms. The molecule has 1 aromatic carbocycles.